The molecule has 21 heavy (non-hydrogen) atoms. The monoisotopic (exact) mass is 275 g/mol. The van der Waals surface area contributed by atoms with Gasteiger partial charge in [0.25, 0.3) is 0 Å². The van der Waals surface area contributed by atoms with E-state index in [1.807, 2.05) is 54.6 Å². The van der Waals surface area contributed by atoms with E-state index >= 15 is 0 Å². The molecule has 2 heterocycles. The van der Waals surface area contributed by atoms with Crippen molar-refractivity contribution >= 4 is 18.4 Å². The standard InChI is InChI=1S/C18H13NO2/c20-13-17-9-10-18(21-17)15-5-3-4-14(12-15)7-8-16-6-1-2-11-19-16/h1-13H. The molecule has 1 aromatic carbocycles. The molecule has 0 N–H and O–H groups in total. The van der Waals surface area contributed by atoms with Gasteiger partial charge in [-0.05, 0) is 42.0 Å². The van der Waals surface area contributed by atoms with E-state index in [-0.39, 0.29) is 0 Å². The number of nitrogens with zero attached hydrogens (tertiary/aromatic N) is 1. The quantitative estimate of drug-likeness (QED) is 0.666. The average Bonchev–Trinajstić information content (AvgIpc) is 3.03. The minimum atomic E-state index is 0.333. The van der Waals surface area contributed by atoms with Gasteiger partial charge in [-0.1, -0.05) is 30.3 Å². The Morgan fingerprint density at radius 3 is 2.67 bits per heavy atom. The van der Waals surface area contributed by atoms with Crippen LogP contribution in [0.4, 0.5) is 0 Å². The SMILES string of the molecule is O=Cc1ccc(-c2cccc(C=Cc3ccccn3)c2)o1. The number of aldehydes is 1. The lowest BCUT2D eigenvalue weighted by molar-refractivity contribution is 0.110. The second-order valence-corrected chi connectivity index (χ2v) is 4.53. The van der Waals surface area contributed by atoms with Gasteiger partial charge in [0.15, 0.2) is 12.0 Å². The summed E-state index contributed by atoms with van der Waals surface area (Å²) in [4.78, 5) is 14.9. The lowest BCUT2D eigenvalue weighted by atomic mass is 10.1. The smallest absolute Gasteiger partial charge is 0.185 e. The van der Waals surface area contributed by atoms with Crippen molar-refractivity contribution in [3.8, 4) is 11.3 Å². The number of hydrogen-bond acceptors (Lipinski definition) is 3. The van der Waals surface area contributed by atoms with Crippen LogP contribution in [-0.2, 0) is 0 Å². The Balaban J connectivity index is 1.86. The normalized spacial score (nSPS) is 10.9. The number of pyridine rings is 1. The zero-order chi connectivity index (χ0) is 14.5. The van der Waals surface area contributed by atoms with E-state index in [1.54, 1.807) is 18.3 Å². The van der Waals surface area contributed by atoms with Gasteiger partial charge in [0.2, 0.25) is 0 Å². The third-order valence-electron chi connectivity index (χ3n) is 3.05. The zero-order valence-electron chi connectivity index (χ0n) is 11.3. The molecule has 0 atom stereocenters. The molecule has 0 aliphatic heterocycles. The maximum atomic E-state index is 10.7. The highest BCUT2D eigenvalue weighted by Gasteiger charge is 2.04. The van der Waals surface area contributed by atoms with Crippen LogP contribution in [0, 0.1) is 0 Å². The summed E-state index contributed by atoms with van der Waals surface area (Å²) in [5.41, 5.74) is 2.89. The van der Waals surface area contributed by atoms with Crippen molar-refractivity contribution in [2.75, 3.05) is 0 Å². The fourth-order valence-corrected chi connectivity index (χ4v) is 2.02. The van der Waals surface area contributed by atoms with Crippen LogP contribution in [0.3, 0.4) is 0 Å². The third kappa shape index (κ3) is 3.15. The van der Waals surface area contributed by atoms with Gasteiger partial charge in [-0.25, -0.2) is 0 Å². The Kier molecular flexibility index (Phi) is 3.74. The van der Waals surface area contributed by atoms with Crippen molar-refractivity contribution in [3.63, 3.8) is 0 Å². The topological polar surface area (TPSA) is 43.1 Å². The van der Waals surface area contributed by atoms with E-state index in [0.29, 0.717) is 17.8 Å². The van der Waals surface area contributed by atoms with Crippen molar-refractivity contribution in [3.05, 3.63) is 77.8 Å². The van der Waals surface area contributed by atoms with Crippen molar-refractivity contribution in [2.45, 2.75) is 0 Å². The Morgan fingerprint density at radius 2 is 1.90 bits per heavy atom. The van der Waals surface area contributed by atoms with E-state index in [1.165, 1.54) is 0 Å². The largest absolute Gasteiger partial charge is 0.453 e. The van der Waals surface area contributed by atoms with Gasteiger partial charge in [-0.3, -0.25) is 9.78 Å². The van der Waals surface area contributed by atoms with Crippen LogP contribution in [-0.4, -0.2) is 11.3 Å². The maximum Gasteiger partial charge on any atom is 0.185 e. The van der Waals surface area contributed by atoms with Crippen molar-refractivity contribution in [1.29, 1.82) is 0 Å². The number of hydrogen-bond donors (Lipinski definition) is 0. The number of benzene rings is 1. The molecule has 0 saturated heterocycles. The average molecular weight is 275 g/mol. The second-order valence-electron chi connectivity index (χ2n) is 4.53. The molecule has 3 heteroatoms. The number of aromatic nitrogens is 1. The third-order valence-corrected chi connectivity index (χ3v) is 3.05. The molecular formula is C18H13NO2. The second kappa shape index (κ2) is 6.01. The highest BCUT2D eigenvalue weighted by atomic mass is 16.3. The summed E-state index contributed by atoms with van der Waals surface area (Å²) >= 11 is 0. The predicted octanol–water partition coefficient (Wildman–Crippen LogP) is 4.32. The van der Waals surface area contributed by atoms with Gasteiger partial charge < -0.3 is 4.42 Å². The van der Waals surface area contributed by atoms with E-state index in [4.69, 9.17) is 4.42 Å². The molecule has 0 amide bonds. The molecule has 0 radical (unpaired) electrons. The Hall–Kier alpha value is -2.94. The summed E-state index contributed by atoms with van der Waals surface area (Å²) in [6.45, 7) is 0. The van der Waals surface area contributed by atoms with Crippen molar-refractivity contribution in [2.24, 2.45) is 0 Å². The molecule has 0 unspecified atom stereocenters. The molecule has 102 valence electrons. The summed E-state index contributed by atoms with van der Waals surface area (Å²) in [5.74, 6) is 1.02. The fraction of sp³-hybridized carbons (Fsp3) is 0. The van der Waals surface area contributed by atoms with Crippen LogP contribution in [0.2, 0.25) is 0 Å². The summed E-state index contributed by atoms with van der Waals surface area (Å²) < 4.78 is 5.43. The summed E-state index contributed by atoms with van der Waals surface area (Å²) in [7, 11) is 0. The van der Waals surface area contributed by atoms with Gasteiger partial charge in [-0.2, -0.15) is 0 Å². The molecule has 3 rings (SSSR count). The Labute approximate surface area is 122 Å². The molecule has 0 aliphatic carbocycles. The molecule has 3 nitrogen and oxygen atoms in total. The molecule has 0 fully saturated rings. The molecule has 0 aliphatic rings. The predicted molar refractivity (Wildman–Crippen MR) is 82.7 cm³/mol. The van der Waals surface area contributed by atoms with Crippen LogP contribution in [0.5, 0.6) is 0 Å². The van der Waals surface area contributed by atoms with E-state index in [0.717, 1.165) is 16.8 Å². The maximum absolute atomic E-state index is 10.7. The minimum Gasteiger partial charge on any atom is -0.453 e. The first-order valence-electron chi connectivity index (χ1n) is 6.60. The fourth-order valence-electron chi connectivity index (χ4n) is 2.02. The Morgan fingerprint density at radius 1 is 0.952 bits per heavy atom. The van der Waals surface area contributed by atoms with Crippen molar-refractivity contribution < 1.29 is 9.21 Å². The summed E-state index contributed by atoms with van der Waals surface area (Å²) in [6, 6.07) is 17.2. The van der Waals surface area contributed by atoms with Crippen LogP contribution < -0.4 is 0 Å². The highest BCUT2D eigenvalue weighted by Crippen LogP contribution is 2.23. The summed E-state index contributed by atoms with van der Waals surface area (Å²) in [6.07, 6.45) is 6.42. The molecule has 0 bridgehead atoms. The zero-order valence-corrected chi connectivity index (χ0v) is 11.3. The molecule has 3 aromatic rings. The molecule has 0 saturated carbocycles. The van der Waals surface area contributed by atoms with Gasteiger partial charge in [-0.15, -0.1) is 0 Å². The number of carbonyl (C=O) groups excluding carboxylic acids is 1. The van der Waals surface area contributed by atoms with Crippen LogP contribution in [0.25, 0.3) is 23.5 Å². The van der Waals surface area contributed by atoms with Gasteiger partial charge in [0.1, 0.15) is 5.76 Å². The first-order valence-corrected chi connectivity index (χ1v) is 6.60. The van der Waals surface area contributed by atoms with Gasteiger partial charge in [0.05, 0.1) is 5.69 Å². The van der Waals surface area contributed by atoms with Crippen LogP contribution >= 0.6 is 0 Å². The summed E-state index contributed by atoms with van der Waals surface area (Å²) in [5, 5.41) is 0. The minimum absolute atomic E-state index is 0.333. The first-order chi connectivity index (χ1) is 10.3. The van der Waals surface area contributed by atoms with Gasteiger partial charge >= 0.3 is 0 Å². The molecule has 0 spiro atoms. The first kappa shape index (κ1) is 13.1. The van der Waals surface area contributed by atoms with Crippen LogP contribution in [0.15, 0.2) is 65.2 Å². The van der Waals surface area contributed by atoms with E-state index < -0.39 is 0 Å². The van der Waals surface area contributed by atoms with Crippen LogP contribution in [0.1, 0.15) is 21.8 Å². The number of rotatable bonds is 4. The Bertz CT molecular complexity index is 773. The van der Waals surface area contributed by atoms with Gasteiger partial charge in [0, 0.05) is 11.8 Å². The lowest BCUT2D eigenvalue weighted by Crippen LogP contribution is -1.79. The number of carbonyl (C=O) groups is 1. The van der Waals surface area contributed by atoms with Crippen molar-refractivity contribution in [1.82, 2.24) is 4.98 Å². The molecular weight excluding hydrogens is 262 g/mol. The molecule has 2 aromatic heterocycles. The highest BCUT2D eigenvalue weighted by molar-refractivity contribution is 5.74. The number of furan rings is 1. The van der Waals surface area contributed by atoms with E-state index in [9.17, 15) is 4.79 Å². The lowest BCUT2D eigenvalue weighted by Gasteiger charge is -1.99. The van der Waals surface area contributed by atoms with E-state index in [2.05, 4.69) is 4.98 Å².